The molecule has 0 bridgehead atoms. The van der Waals surface area contributed by atoms with E-state index in [9.17, 15) is 0 Å². The molecule has 0 N–H and O–H groups in total. The third-order valence-electron chi connectivity index (χ3n) is 4.03. The molecule has 0 radical (unpaired) electrons. The Labute approximate surface area is 109 Å². The molecular weight excluding hydrogens is 222 g/mol. The van der Waals surface area contributed by atoms with Crippen LogP contribution in [0.25, 0.3) is 0 Å². The molecule has 3 rings (SSSR count). The van der Waals surface area contributed by atoms with Crippen molar-refractivity contribution in [2.24, 2.45) is 10.9 Å². The Balaban J connectivity index is 1.60. The Kier molecular flexibility index (Phi) is 3.63. The van der Waals surface area contributed by atoms with Gasteiger partial charge in [0.1, 0.15) is 5.75 Å². The zero-order valence-electron chi connectivity index (χ0n) is 10.9. The highest BCUT2D eigenvalue weighted by molar-refractivity contribution is 5.69. The van der Waals surface area contributed by atoms with Gasteiger partial charge in [-0.15, -0.1) is 0 Å². The molecule has 2 heteroatoms. The maximum atomic E-state index is 5.96. The van der Waals surface area contributed by atoms with Crippen molar-refractivity contribution in [2.75, 3.05) is 6.61 Å². The fourth-order valence-corrected chi connectivity index (χ4v) is 2.93. The lowest BCUT2D eigenvalue weighted by atomic mass is 9.90. The first-order valence-corrected chi connectivity index (χ1v) is 7.20. The lowest BCUT2D eigenvalue weighted by molar-refractivity contribution is 0.208. The third-order valence-corrected chi connectivity index (χ3v) is 4.03. The van der Waals surface area contributed by atoms with Gasteiger partial charge in [0.2, 0.25) is 0 Å². The van der Waals surface area contributed by atoms with E-state index in [4.69, 9.17) is 4.74 Å². The van der Waals surface area contributed by atoms with Crippen LogP contribution in [0.1, 0.15) is 44.1 Å². The van der Waals surface area contributed by atoms with Gasteiger partial charge in [0, 0.05) is 6.21 Å². The maximum Gasteiger partial charge on any atom is 0.119 e. The van der Waals surface area contributed by atoms with Crippen LogP contribution in [0, 0.1) is 5.92 Å². The molecule has 1 aromatic carbocycles. The van der Waals surface area contributed by atoms with Crippen LogP contribution in [0.5, 0.6) is 5.75 Å². The first-order valence-electron chi connectivity index (χ1n) is 7.20. The summed E-state index contributed by atoms with van der Waals surface area (Å²) in [6, 6.07) is 6.32. The molecule has 1 aliphatic heterocycles. The van der Waals surface area contributed by atoms with Crippen LogP contribution in [-0.4, -0.2) is 12.8 Å². The topological polar surface area (TPSA) is 21.6 Å². The summed E-state index contributed by atoms with van der Waals surface area (Å²) in [4.78, 5) is 4.40. The molecule has 1 saturated carbocycles. The first kappa shape index (κ1) is 11.8. The number of benzene rings is 1. The number of aliphatic imine (C=N–C) groups is 1. The van der Waals surface area contributed by atoms with Crippen molar-refractivity contribution < 1.29 is 4.74 Å². The van der Waals surface area contributed by atoms with Gasteiger partial charge in [-0.05, 0) is 55.4 Å². The Morgan fingerprint density at radius 2 is 2.06 bits per heavy atom. The molecule has 0 atom stereocenters. The average molecular weight is 243 g/mol. The summed E-state index contributed by atoms with van der Waals surface area (Å²) in [5.74, 6) is 1.80. The highest BCUT2D eigenvalue weighted by Crippen LogP contribution is 2.29. The first-order chi connectivity index (χ1) is 8.92. The van der Waals surface area contributed by atoms with E-state index in [0.29, 0.717) is 0 Å². The lowest BCUT2D eigenvalue weighted by Gasteiger charge is -2.22. The van der Waals surface area contributed by atoms with Gasteiger partial charge in [0.05, 0.1) is 12.3 Å². The molecular formula is C16H21NO. The monoisotopic (exact) mass is 243 g/mol. The van der Waals surface area contributed by atoms with Crippen molar-refractivity contribution in [2.45, 2.75) is 44.9 Å². The lowest BCUT2D eigenvalue weighted by Crippen LogP contribution is -2.15. The van der Waals surface area contributed by atoms with Gasteiger partial charge >= 0.3 is 0 Å². The molecule has 2 nitrogen and oxygen atoms in total. The van der Waals surface area contributed by atoms with Crippen LogP contribution in [0.2, 0.25) is 0 Å². The molecule has 1 heterocycles. The minimum Gasteiger partial charge on any atom is -0.493 e. The summed E-state index contributed by atoms with van der Waals surface area (Å²) in [5, 5.41) is 0. The molecule has 96 valence electrons. The Morgan fingerprint density at radius 1 is 1.17 bits per heavy atom. The zero-order chi connectivity index (χ0) is 12.2. The molecule has 0 saturated heterocycles. The molecule has 0 aromatic heterocycles. The predicted octanol–water partition coefficient (Wildman–Crippen LogP) is 4.29. The fraction of sp³-hybridized carbons (Fsp3) is 0.562. The molecule has 1 aliphatic carbocycles. The minimum atomic E-state index is 0.771. The second-order valence-corrected chi connectivity index (χ2v) is 5.46. The van der Waals surface area contributed by atoms with Crippen LogP contribution >= 0.6 is 0 Å². The minimum absolute atomic E-state index is 0.771. The van der Waals surface area contributed by atoms with Crippen molar-refractivity contribution in [3.05, 3.63) is 23.8 Å². The van der Waals surface area contributed by atoms with Gasteiger partial charge in [-0.25, -0.2) is 0 Å². The normalized spacial score (nSPS) is 19.6. The number of rotatable bonds is 3. The number of ether oxygens (including phenoxy) is 1. The molecule has 0 spiro atoms. The van der Waals surface area contributed by atoms with Gasteiger partial charge < -0.3 is 4.74 Å². The molecule has 0 unspecified atom stereocenters. The van der Waals surface area contributed by atoms with Crippen molar-refractivity contribution >= 4 is 11.9 Å². The van der Waals surface area contributed by atoms with Crippen molar-refractivity contribution in [1.29, 1.82) is 0 Å². The molecule has 1 aromatic rings. The van der Waals surface area contributed by atoms with Gasteiger partial charge in [-0.3, -0.25) is 4.99 Å². The van der Waals surface area contributed by atoms with E-state index in [2.05, 4.69) is 23.2 Å². The van der Waals surface area contributed by atoms with Crippen molar-refractivity contribution in [3.8, 4) is 5.75 Å². The number of hydrogen-bond donors (Lipinski definition) is 0. The second kappa shape index (κ2) is 5.55. The van der Waals surface area contributed by atoms with Crippen LogP contribution in [0.4, 0.5) is 5.69 Å². The third kappa shape index (κ3) is 2.74. The maximum absolute atomic E-state index is 5.96. The van der Waals surface area contributed by atoms with E-state index in [1.165, 1.54) is 37.7 Å². The largest absolute Gasteiger partial charge is 0.493 e. The Bertz CT molecular complexity index is 433. The SMILES string of the molecule is C1=Nc2ccc(OCC3CCCCC3)cc2CC1. The van der Waals surface area contributed by atoms with E-state index in [0.717, 1.165) is 36.8 Å². The van der Waals surface area contributed by atoms with E-state index >= 15 is 0 Å². The van der Waals surface area contributed by atoms with Crippen LogP contribution in [-0.2, 0) is 6.42 Å². The molecule has 18 heavy (non-hydrogen) atoms. The van der Waals surface area contributed by atoms with Crippen LogP contribution < -0.4 is 4.74 Å². The van der Waals surface area contributed by atoms with E-state index < -0.39 is 0 Å². The van der Waals surface area contributed by atoms with Gasteiger partial charge in [0.25, 0.3) is 0 Å². The summed E-state index contributed by atoms with van der Waals surface area (Å²) in [6.07, 6.45) is 11.0. The molecule has 2 aliphatic rings. The summed E-state index contributed by atoms with van der Waals surface area (Å²) in [6.45, 7) is 0.891. The van der Waals surface area contributed by atoms with Gasteiger partial charge in [0.15, 0.2) is 0 Å². The summed E-state index contributed by atoms with van der Waals surface area (Å²) < 4.78 is 5.96. The summed E-state index contributed by atoms with van der Waals surface area (Å²) >= 11 is 0. The van der Waals surface area contributed by atoms with Gasteiger partial charge in [-0.1, -0.05) is 19.3 Å². The molecule has 0 amide bonds. The second-order valence-electron chi connectivity index (χ2n) is 5.46. The average Bonchev–Trinajstić information content (AvgIpc) is 2.46. The highest BCUT2D eigenvalue weighted by atomic mass is 16.5. The Morgan fingerprint density at radius 3 is 2.94 bits per heavy atom. The number of nitrogens with zero attached hydrogens (tertiary/aromatic N) is 1. The smallest absolute Gasteiger partial charge is 0.119 e. The number of aryl methyl sites for hydroxylation is 1. The Hall–Kier alpha value is -1.31. The van der Waals surface area contributed by atoms with Gasteiger partial charge in [-0.2, -0.15) is 0 Å². The highest BCUT2D eigenvalue weighted by Gasteiger charge is 2.14. The van der Waals surface area contributed by atoms with Crippen molar-refractivity contribution in [3.63, 3.8) is 0 Å². The van der Waals surface area contributed by atoms with Crippen LogP contribution in [0.15, 0.2) is 23.2 Å². The zero-order valence-corrected chi connectivity index (χ0v) is 10.9. The summed E-state index contributed by atoms with van der Waals surface area (Å²) in [7, 11) is 0. The fourth-order valence-electron chi connectivity index (χ4n) is 2.93. The molecule has 1 fully saturated rings. The predicted molar refractivity (Wildman–Crippen MR) is 75.0 cm³/mol. The van der Waals surface area contributed by atoms with Crippen molar-refractivity contribution in [1.82, 2.24) is 0 Å². The van der Waals surface area contributed by atoms with Crippen LogP contribution in [0.3, 0.4) is 0 Å². The summed E-state index contributed by atoms with van der Waals surface area (Å²) in [5.41, 5.74) is 2.45. The van der Waals surface area contributed by atoms with E-state index in [1.807, 2.05) is 6.21 Å². The number of hydrogen-bond acceptors (Lipinski definition) is 2. The van der Waals surface area contributed by atoms with E-state index in [-0.39, 0.29) is 0 Å². The van der Waals surface area contributed by atoms with E-state index in [1.54, 1.807) is 0 Å². The number of fused-ring (bicyclic) bond motifs is 1. The quantitative estimate of drug-likeness (QED) is 0.776. The standard InChI is InChI=1S/C16H21NO/c1-2-5-13(6-3-1)12-18-15-8-9-16-14(11-15)7-4-10-17-16/h8-11,13H,1-7,12H2.